The lowest BCUT2D eigenvalue weighted by Gasteiger charge is -2.32. The molecule has 0 heterocycles. The lowest BCUT2D eigenvalue weighted by Crippen LogP contribution is -2.19. The van der Waals surface area contributed by atoms with Crippen LogP contribution in [0.25, 0.3) is 0 Å². The number of hydrogen-bond acceptors (Lipinski definition) is 3. The van der Waals surface area contributed by atoms with Crippen molar-refractivity contribution in [3.63, 3.8) is 0 Å². The second kappa shape index (κ2) is 12.9. The van der Waals surface area contributed by atoms with Crippen LogP contribution in [0, 0.1) is 5.41 Å². The lowest BCUT2D eigenvalue weighted by molar-refractivity contribution is -0.116. The fourth-order valence-electron chi connectivity index (χ4n) is 4.22. The highest BCUT2D eigenvalue weighted by atomic mass is 16.3. The van der Waals surface area contributed by atoms with Crippen LogP contribution in [0.4, 0.5) is 11.4 Å². The van der Waals surface area contributed by atoms with Crippen LogP contribution >= 0.6 is 0 Å². The minimum Gasteiger partial charge on any atom is -0.506 e. The number of carbonyl (C=O) groups is 2. The van der Waals surface area contributed by atoms with E-state index in [-0.39, 0.29) is 28.7 Å². The molecule has 3 N–H and O–H groups in total. The van der Waals surface area contributed by atoms with E-state index >= 15 is 0 Å². The minimum absolute atomic E-state index is 0.0446. The predicted molar refractivity (Wildman–Crippen MR) is 146 cm³/mol. The Kier molecular flexibility index (Phi) is 10.3. The van der Waals surface area contributed by atoms with E-state index in [1.54, 1.807) is 12.1 Å². The molecule has 5 nitrogen and oxygen atoms in total. The molecule has 0 unspecified atom stereocenters. The summed E-state index contributed by atoms with van der Waals surface area (Å²) >= 11 is 0. The molecule has 0 spiro atoms. The van der Waals surface area contributed by atoms with Crippen LogP contribution in [-0.4, -0.2) is 16.9 Å². The van der Waals surface area contributed by atoms with Crippen LogP contribution in [0.2, 0.25) is 0 Å². The summed E-state index contributed by atoms with van der Waals surface area (Å²) in [7, 11) is 0. The Morgan fingerprint density at radius 1 is 1.11 bits per heavy atom. The van der Waals surface area contributed by atoms with Crippen LogP contribution in [0.3, 0.4) is 0 Å². The molecule has 0 radical (unpaired) electrons. The maximum Gasteiger partial charge on any atom is 0.248 e. The van der Waals surface area contributed by atoms with Crippen LogP contribution in [0.1, 0.15) is 73.6 Å². The molecule has 0 atom stereocenters. The van der Waals surface area contributed by atoms with Crippen molar-refractivity contribution in [3.8, 4) is 5.75 Å². The number of benzene rings is 1. The number of amides is 2. The topological polar surface area (TPSA) is 78.4 Å². The molecule has 0 saturated heterocycles. The summed E-state index contributed by atoms with van der Waals surface area (Å²) in [5.41, 5.74) is 5.85. The van der Waals surface area contributed by atoms with Crippen LogP contribution in [0.5, 0.6) is 5.75 Å². The fourth-order valence-corrected chi connectivity index (χ4v) is 4.22. The van der Waals surface area contributed by atoms with E-state index in [0.717, 1.165) is 11.1 Å². The zero-order valence-electron chi connectivity index (χ0n) is 22.0. The highest BCUT2D eigenvalue weighted by molar-refractivity contribution is 6.01. The first-order valence-corrected chi connectivity index (χ1v) is 12.4. The molecule has 1 aliphatic carbocycles. The molecule has 0 aromatic heterocycles. The number of carbonyl (C=O) groups excluding carboxylic acids is 2. The number of hydrogen-bond donors (Lipinski definition) is 3. The van der Waals surface area contributed by atoms with Crippen molar-refractivity contribution in [2.75, 3.05) is 10.6 Å². The SMILES string of the molecule is CCCC(=O)Nc1cc(NC(=O)/C=C(C)/C=C/C=C(C)/C=C/C2=C(C)CCCC2(C)C)ccc1O. The molecule has 35 heavy (non-hydrogen) atoms. The van der Waals surface area contributed by atoms with Gasteiger partial charge in [0.05, 0.1) is 5.69 Å². The lowest BCUT2D eigenvalue weighted by atomic mass is 9.72. The van der Waals surface area contributed by atoms with Gasteiger partial charge >= 0.3 is 0 Å². The van der Waals surface area contributed by atoms with E-state index in [1.165, 1.54) is 42.6 Å². The van der Waals surface area contributed by atoms with Crippen molar-refractivity contribution < 1.29 is 14.7 Å². The average molecular weight is 477 g/mol. The van der Waals surface area contributed by atoms with Crippen molar-refractivity contribution in [2.24, 2.45) is 5.41 Å². The van der Waals surface area contributed by atoms with E-state index in [4.69, 9.17) is 0 Å². The maximum absolute atomic E-state index is 12.4. The zero-order chi connectivity index (χ0) is 26.0. The van der Waals surface area contributed by atoms with E-state index in [1.807, 2.05) is 32.1 Å². The van der Waals surface area contributed by atoms with Gasteiger partial charge in [-0.25, -0.2) is 0 Å². The molecule has 0 fully saturated rings. The van der Waals surface area contributed by atoms with Crippen molar-refractivity contribution in [2.45, 2.75) is 73.6 Å². The van der Waals surface area contributed by atoms with Gasteiger partial charge in [-0.1, -0.05) is 62.3 Å². The largest absolute Gasteiger partial charge is 0.506 e. The van der Waals surface area contributed by atoms with Gasteiger partial charge in [-0.2, -0.15) is 0 Å². The van der Waals surface area contributed by atoms with E-state index in [9.17, 15) is 14.7 Å². The Hall–Kier alpha value is -3.34. The molecule has 188 valence electrons. The van der Waals surface area contributed by atoms with E-state index < -0.39 is 0 Å². The molecule has 1 aromatic rings. The van der Waals surface area contributed by atoms with Crippen molar-refractivity contribution in [1.82, 2.24) is 0 Å². The standard InChI is InChI=1S/C30H40N2O3/c1-7-10-28(34)32-26-20-24(15-17-27(26)33)31-29(35)19-22(3)12-8-11-21(2)14-16-25-23(4)13-9-18-30(25,5)6/h8,11-12,14-17,19-20,33H,7,9-10,13,18H2,1-6H3,(H,31,35)(H,32,34)/b12-8+,16-14+,21-11+,22-19+. The Bertz CT molecular complexity index is 1080. The summed E-state index contributed by atoms with van der Waals surface area (Å²) in [4.78, 5) is 24.2. The van der Waals surface area contributed by atoms with Gasteiger partial charge in [0.2, 0.25) is 11.8 Å². The molecule has 2 amide bonds. The Balaban J connectivity index is 1.99. The van der Waals surface area contributed by atoms with Gasteiger partial charge in [-0.05, 0) is 81.2 Å². The van der Waals surface area contributed by atoms with Gasteiger partial charge < -0.3 is 15.7 Å². The Morgan fingerprint density at radius 3 is 2.54 bits per heavy atom. The highest BCUT2D eigenvalue weighted by Gasteiger charge is 2.26. The van der Waals surface area contributed by atoms with Gasteiger partial charge in [-0.3, -0.25) is 9.59 Å². The van der Waals surface area contributed by atoms with Crippen molar-refractivity contribution >= 4 is 23.2 Å². The second-order valence-electron chi connectivity index (χ2n) is 9.94. The third kappa shape index (κ3) is 9.08. The summed E-state index contributed by atoms with van der Waals surface area (Å²) in [6, 6.07) is 4.58. The van der Waals surface area contributed by atoms with Gasteiger partial charge in [0.15, 0.2) is 0 Å². The molecule has 1 aromatic carbocycles. The monoisotopic (exact) mass is 476 g/mol. The average Bonchev–Trinajstić information content (AvgIpc) is 2.75. The van der Waals surface area contributed by atoms with Gasteiger partial charge in [-0.15, -0.1) is 0 Å². The molecular formula is C30H40N2O3. The normalized spacial score (nSPS) is 16.7. The number of phenolic OH excluding ortho intramolecular Hbond substituents is 1. The summed E-state index contributed by atoms with van der Waals surface area (Å²) in [5.74, 6) is -0.511. The minimum atomic E-state index is -0.286. The quantitative estimate of drug-likeness (QED) is 0.149. The summed E-state index contributed by atoms with van der Waals surface area (Å²) < 4.78 is 0. The third-order valence-electron chi connectivity index (χ3n) is 6.15. The number of phenols is 1. The number of allylic oxidation sites excluding steroid dienone is 9. The Labute approximate surface area is 210 Å². The van der Waals surface area contributed by atoms with Crippen LogP contribution in [-0.2, 0) is 9.59 Å². The van der Waals surface area contributed by atoms with Crippen LogP contribution < -0.4 is 10.6 Å². The number of rotatable bonds is 9. The van der Waals surface area contributed by atoms with E-state index in [2.05, 4.69) is 50.5 Å². The smallest absolute Gasteiger partial charge is 0.248 e. The van der Waals surface area contributed by atoms with Crippen LogP contribution in [0.15, 0.2) is 76.9 Å². The third-order valence-corrected chi connectivity index (χ3v) is 6.15. The van der Waals surface area contributed by atoms with Gasteiger partial charge in [0.25, 0.3) is 0 Å². The fraction of sp³-hybridized carbons (Fsp3) is 0.400. The number of aromatic hydroxyl groups is 1. The first kappa shape index (κ1) is 27.9. The zero-order valence-corrected chi connectivity index (χ0v) is 22.0. The van der Waals surface area contributed by atoms with E-state index in [0.29, 0.717) is 18.5 Å². The molecule has 0 saturated carbocycles. The first-order chi connectivity index (χ1) is 16.5. The van der Waals surface area contributed by atoms with Gasteiger partial charge in [0.1, 0.15) is 5.75 Å². The molecule has 5 heteroatoms. The molecular weight excluding hydrogens is 436 g/mol. The molecule has 2 rings (SSSR count). The number of nitrogens with one attached hydrogen (secondary N) is 2. The Morgan fingerprint density at radius 2 is 1.86 bits per heavy atom. The first-order valence-electron chi connectivity index (χ1n) is 12.4. The summed E-state index contributed by atoms with van der Waals surface area (Å²) in [5, 5.41) is 15.4. The molecule has 0 bridgehead atoms. The molecule has 1 aliphatic rings. The summed E-state index contributed by atoms with van der Waals surface area (Å²) in [6.07, 6.45) is 16.5. The van der Waals surface area contributed by atoms with Crippen molar-refractivity contribution in [3.05, 3.63) is 76.9 Å². The molecule has 0 aliphatic heterocycles. The second-order valence-corrected chi connectivity index (χ2v) is 9.94. The summed E-state index contributed by atoms with van der Waals surface area (Å²) in [6.45, 7) is 12.7. The maximum atomic E-state index is 12.4. The number of anilines is 2. The van der Waals surface area contributed by atoms with Crippen molar-refractivity contribution in [1.29, 1.82) is 0 Å². The highest BCUT2D eigenvalue weighted by Crippen LogP contribution is 2.40. The van der Waals surface area contributed by atoms with Gasteiger partial charge in [0, 0.05) is 18.2 Å². The predicted octanol–water partition coefficient (Wildman–Crippen LogP) is 7.60.